The van der Waals surface area contributed by atoms with E-state index >= 15 is 0 Å². The summed E-state index contributed by atoms with van der Waals surface area (Å²) in [5.74, 6) is 1.38. The summed E-state index contributed by atoms with van der Waals surface area (Å²) in [7, 11) is 1.59. The van der Waals surface area contributed by atoms with E-state index in [9.17, 15) is 9.59 Å². The van der Waals surface area contributed by atoms with Crippen molar-refractivity contribution in [2.45, 2.75) is 32.9 Å². The van der Waals surface area contributed by atoms with Gasteiger partial charge >= 0.3 is 0 Å². The number of carbonyl (C=O) groups excluding carboxylic acids is 2. The van der Waals surface area contributed by atoms with Crippen LogP contribution < -0.4 is 15.8 Å². The Balaban J connectivity index is 1.51. The molecule has 2 atom stereocenters. The summed E-state index contributed by atoms with van der Waals surface area (Å²) in [6, 6.07) is 7.11. The molecule has 0 unspecified atom stereocenters. The lowest BCUT2D eigenvalue weighted by Crippen LogP contribution is -2.64. The number of carbonyl (C=O) groups is 2. The summed E-state index contributed by atoms with van der Waals surface area (Å²) in [6.07, 6.45) is 3.35. The van der Waals surface area contributed by atoms with Crippen molar-refractivity contribution in [2.24, 2.45) is 5.73 Å². The average molecular weight is 447 g/mol. The first-order valence-corrected chi connectivity index (χ1v) is 10.8. The van der Waals surface area contributed by atoms with E-state index in [4.69, 9.17) is 14.9 Å². The maximum Gasteiger partial charge on any atom is 0.256 e. The second-order valence-electron chi connectivity index (χ2n) is 8.39. The van der Waals surface area contributed by atoms with E-state index in [1.165, 1.54) is 0 Å². The number of nitrogens with zero attached hydrogens (tertiary/aromatic N) is 3. The molecule has 1 aliphatic rings. The van der Waals surface area contributed by atoms with E-state index < -0.39 is 0 Å². The van der Waals surface area contributed by atoms with Crippen LogP contribution in [-0.4, -0.2) is 52.0 Å². The SMILES string of the molecule is CNC(=O)c1c(C)oc2cc(Oc3ccnn4cc(C(=O)N5C[C@H](N)[C@@H]5C)c(C)c34)ccc12. The van der Waals surface area contributed by atoms with Gasteiger partial charge in [-0.3, -0.25) is 9.59 Å². The number of benzene rings is 1. The van der Waals surface area contributed by atoms with Crippen LogP contribution in [0, 0.1) is 13.8 Å². The minimum absolute atomic E-state index is 0.00625. The van der Waals surface area contributed by atoms with Gasteiger partial charge < -0.3 is 25.1 Å². The Morgan fingerprint density at radius 2 is 2.06 bits per heavy atom. The third kappa shape index (κ3) is 3.23. The van der Waals surface area contributed by atoms with Gasteiger partial charge in [0.2, 0.25) is 0 Å². The number of likely N-dealkylation sites (tertiary alicyclic amines) is 1. The molecule has 5 rings (SSSR count). The molecule has 1 saturated heterocycles. The molecule has 3 aromatic heterocycles. The Kier molecular flexibility index (Phi) is 4.86. The Hall–Kier alpha value is -3.85. The number of furan rings is 1. The number of ether oxygens (including phenoxy) is 1. The quantitative estimate of drug-likeness (QED) is 0.497. The Labute approximate surface area is 190 Å². The van der Waals surface area contributed by atoms with Crippen molar-refractivity contribution in [2.75, 3.05) is 13.6 Å². The average Bonchev–Trinajstić information content (AvgIpc) is 3.32. The van der Waals surface area contributed by atoms with Crippen LogP contribution in [0.25, 0.3) is 16.5 Å². The van der Waals surface area contributed by atoms with Crippen molar-refractivity contribution >= 4 is 28.3 Å². The highest BCUT2D eigenvalue weighted by atomic mass is 16.5. The predicted octanol–water partition coefficient (Wildman–Crippen LogP) is 3.02. The van der Waals surface area contributed by atoms with Crippen molar-refractivity contribution in [3.63, 3.8) is 0 Å². The first kappa shape index (κ1) is 21.0. The molecule has 9 nitrogen and oxygen atoms in total. The predicted molar refractivity (Wildman–Crippen MR) is 123 cm³/mol. The van der Waals surface area contributed by atoms with Gasteiger partial charge in [-0.05, 0) is 38.5 Å². The third-order valence-corrected chi connectivity index (χ3v) is 6.42. The zero-order chi connectivity index (χ0) is 23.4. The summed E-state index contributed by atoms with van der Waals surface area (Å²) < 4.78 is 13.6. The van der Waals surface area contributed by atoms with E-state index in [1.807, 2.05) is 13.8 Å². The van der Waals surface area contributed by atoms with Gasteiger partial charge in [-0.15, -0.1) is 0 Å². The monoisotopic (exact) mass is 447 g/mol. The lowest BCUT2D eigenvalue weighted by molar-refractivity contribution is 0.0419. The molecule has 0 radical (unpaired) electrons. The van der Waals surface area contributed by atoms with Gasteiger partial charge in [0.05, 0.1) is 17.3 Å². The molecule has 0 saturated carbocycles. The second kappa shape index (κ2) is 7.63. The number of fused-ring (bicyclic) bond motifs is 2. The van der Waals surface area contributed by atoms with E-state index in [0.717, 1.165) is 5.56 Å². The lowest BCUT2D eigenvalue weighted by Gasteiger charge is -2.44. The van der Waals surface area contributed by atoms with Gasteiger partial charge in [-0.1, -0.05) is 0 Å². The van der Waals surface area contributed by atoms with Gasteiger partial charge in [-0.2, -0.15) is 5.10 Å². The van der Waals surface area contributed by atoms with Gasteiger partial charge in [0, 0.05) is 49.4 Å². The topological polar surface area (TPSA) is 115 Å². The summed E-state index contributed by atoms with van der Waals surface area (Å²) in [5, 5.41) is 7.71. The fraction of sp³-hybridized carbons (Fsp3) is 0.292. The van der Waals surface area contributed by atoms with Gasteiger partial charge in [0.25, 0.3) is 11.8 Å². The van der Waals surface area contributed by atoms with Crippen molar-refractivity contribution < 1.29 is 18.7 Å². The van der Waals surface area contributed by atoms with Crippen LogP contribution in [0.5, 0.6) is 11.5 Å². The summed E-state index contributed by atoms with van der Waals surface area (Å²) in [4.78, 5) is 27.0. The zero-order valence-corrected chi connectivity index (χ0v) is 18.9. The smallest absolute Gasteiger partial charge is 0.256 e. The van der Waals surface area contributed by atoms with Crippen molar-refractivity contribution in [1.29, 1.82) is 0 Å². The molecule has 170 valence electrons. The standard InChI is InChI=1S/C24H25N5O4/c1-12-17(24(31)28-11-18(25)13(28)2)10-29-22(12)19(7-8-27-29)33-15-5-6-16-20(9-15)32-14(3)21(16)23(30)26-4/h5-10,13,18H,11,25H2,1-4H3,(H,26,30)/t13-,18-/m0/s1. The van der Waals surface area contributed by atoms with E-state index in [0.29, 0.717) is 51.4 Å². The fourth-order valence-corrected chi connectivity index (χ4v) is 4.38. The second-order valence-corrected chi connectivity index (χ2v) is 8.39. The fourth-order valence-electron chi connectivity index (χ4n) is 4.38. The van der Waals surface area contributed by atoms with Gasteiger partial charge in [0.15, 0.2) is 5.75 Å². The van der Waals surface area contributed by atoms with Gasteiger partial charge in [-0.25, -0.2) is 4.52 Å². The number of aryl methyl sites for hydroxylation is 2. The molecule has 4 aromatic rings. The molecule has 0 aliphatic carbocycles. The van der Waals surface area contributed by atoms with Crippen LogP contribution in [0.3, 0.4) is 0 Å². The van der Waals surface area contributed by atoms with Crippen LogP contribution in [0.4, 0.5) is 0 Å². The van der Waals surface area contributed by atoms with Crippen LogP contribution in [-0.2, 0) is 0 Å². The number of nitrogens with two attached hydrogens (primary N) is 1. The van der Waals surface area contributed by atoms with E-state index in [-0.39, 0.29) is 23.9 Å². The molecule has 1 fully saturated rings. The highest BCUT2D eigenvalue weighted by Crippen LogP contribution is 2.34. The molecule has 0 spiro atoms. The number of rotatable bonds is 4. The number of hydrogen-bond donors (Lipinski definition) is 2. The van der Waals surface area contributed by atoms with Gasteiger partial charge in [0.1, 0.15) is 22.6 Å². The first-order valence-electron chi connectivity index (χ1n) is 10.8. The molecule has 0 bridgehead atoms. The normalized spacial score (nSPS) is 17.9. The Morgan fingerprint density at radius 1 is 1.27 bits per heavy atom. The summed E-state index contributed by atoms with van der Waals surface area (Å²) in [5.41, 5.74) is 9.10. The third-order valence-electron chi connectivity index (χ3n) is 6.42. The maximum atomic E-state index is 13.0. The van der Waals surface area contributed by atoms with E-state index in [1.54, 1.807) is 60.0 Å². The highest BCUT2D eigenvalue weighted by molar-refractivity contribution is 6.07. The Morgan fingerprint density at radius 3 is 2.76 bits per heavy atom. The molecule has 2 amide bonds. The molecule has 4 heterocycles. The zero-order valence-electron chi connectivity index (χ0n) is 18.9. The number of amides is 2. The molecule has 33 heavy (non-hydrogen) atoms. The highest BCUT2D eigenvalue weighted by Gasteiger charge is 2.37. The maximum absolute atomic E-state index is 13.0. The van der Waals surface area contributed by atoms with Crippen molar-refractivity contribution in [1.82, 2.24) is 19.8 Å². The molecule has 9 heteroatoms. The molecule has 1 aromatic carbocycles. The van der Waals surface area contributed by atoms with E-state index in [2.05, 4.69) is 10.4 Å². The first-order chi connectivity index (χ1) is 15.8. The summed E-state index contributed by atoms with van der Waals surface area (Å²) >= 11 is 0. The molecular formula is C24H25N5O4. The summed E-state index contributed by atoms with van der Waals surface area (Å²) in [6.45, 7) is 6.14. The van der Waals surface area contributed by atoms with Crippen LogP contribution >= 0.6 is 0 Å². The van der Waals surface area contributed by atoms with Crippen molar-refractivity contribution in [3.05, 3.63) is 59.1 Å². The van der Waals surface area contributed by atoms with Crippen LogP contribution in [0.1, 0.15) is 39.0 Å². The molecule has 1 aliphatic heterocycles. The minimum atomic E-state index is -0.200. The lowest BCUT2D eigenvalue weighted by atomic mass is 9.97. The number of hydrogen-bond acceptors (Lipinski definition) is 6. The largest absolute Gasteiger partial charge is 0.460 e. The number of nitrogens with one attached hydrogen (secondary N) is 1. The minimum Gasteiger partial charge on any atom is -0.460 e. The Bertz CT molecular complexity index is 1420. The van der Waals surface area contributed by atoms with Crippen molar-refractivity contribution in [3.8, 4) is 11.5 Å². The number of aromatic nitrogens is 2. The molecule has 3 N–H and O–H groups in total. The van der Waals surface area contributed by atoms with Crippen LogP contribution in [0.15, 0.2) is 41.1 Å². The molecular weight excluding hydrogens is 422 g/mol. The van der Waals surface area contributed by atoms with Crippen LogP contribution in [0.2, 0.25) is 0 Å².